The van der Waals surface area contributed by atoms with Crippen molar-refractivity contribution in [2.75, 3.05) is 18.0 Å². The van der Waals surface area contributed by atoms with Crippen molar-refractivity contribution in [2.24, 2.45) is 5.10 Å². The number of aromatic nitrogens is 2. The quantitative estimate of drug-likeness (QED) is 0.246. The molecule has 0 saturated carbocycles. The Labute approximate surface area is 205 Å². The smallest absolute Gasteiger partial charge is 0.289 e. The molecule has 0 aliphatic heterocycles. The summed E-state index contributed by atoms with van der Waals surface area (Å²) in [5.74, 6) is 0.410. The zero-order valence-electron chi connectivity index (χ0n) is 19.9. The second-order valence-corrected chi connectivity index (χ2v) is 7.93. The lowest BCUT2D eigenvalue weighted by Gasteiger charge is -2.20. The maximum absolute atomic E-state index is 12.5. The van der Waals surface area contributed by atoms with Crippen molar-refractivity contribution in [2.45, 2.75) is 20.5 Å². The lowest BCUT2D eigenvalue weighted by atomic mass is 10.1. The Morgan fingerprint density at radius 2 is 1.71 bits per heavy atom. The van der Waals surface area contributed by atoms with Crippen LogP contribution >= 0.6 is 0 Å². The van der Waals surface area contributed by atoms with E-state index in [1.807, 2.05) is 66.7 Å². The minimum absolute atomic E-state index is 0.332. The van der Waals surface area contributed by atoms with Crippen molar-refractivity contribution in [3.8, 4) is 17.0 Å². The van der Waals surface area contributed by atoms with E-state index in [1.54, 1.807) is 12.3 Å². The van der Waals surface area contributed by atoms with Crippen LogP contribution in [0, 0.1) is 0 Å². The van der Waals surface area contributed by atoms with Crippen molar-refractivity contribution in [1.29, 1.82) is 0 Å². The number of nitrogens with one attached hydrogen (secondary N) is 2. The number of H-pyrrole nitrogens is 1. The number of hydrazone groups is 1. The molecule has 0 aliphatic carbocycles. The first-order valence-corrected chi connectivity index (χ1v) is 11.7. The standard InChI is InChI=1S/C28H29N5O2/c1-3-33(4-2)24-14-10-21(11-15-24)19-29-32-28(34)27-18-26(30-31-27)23-12-16-25(17-13-23)35-20-22-8-6-5-7-9-22/h5-19H,3-4,20H2,1-2H3,(H,30,31)(H,32,34). The minimum Gasteiger partial charge on any atom is -0.489 e. The highest BCUT2D eigenvalue weighted by Crippen LogP contribution is 2.22. The third-order valence-corrected chi connectivity index (χ3v) is 5.62. The predicted octanol–water partition coefficient (Wildman–Crippen LogP) is 5.27. The number of ether oxygens (including phenoxy) is 1. The summed E-state index contributed by atoms with van der Waals surface area (Å²) in [7, 11) is 0. The summed E-state index contributed by atoms with van der Waals surface area (Å²) in [6.45, 7) is 6.68. The molecule has 0 saturated heterocycles. The van der Waals surface area contributed by atoms with Crippen LogP contribution in [0.15, 0.2) is 90.0 Å². The van der Waals surface area contributed by atoms with E-state index in [-0.39, 0.29) is 5.91 Å². The molecule has 0 spiro atoms. The van der Waals surface area contributed by atoms with Crippen LogP contribution < -0.4 is 15.1 Å². The number of rotatable bonds is 10. The van der Waals surface area contributed by atoms with Gasteiger partial charge in [-0.05, 0) is 67.4 Å². The van der Waals surface area contributed by atoms with E-state index in [0.29, 0.717) is 18.0 Å². The van der Waals surface area contributed by atoms with Gasteiger partial charge in [-0.15, -0.1) is 0 Å². The molecule has 4 rings (SSSR count). The van der Waals surface area contributed by atoms with Gasteiger partial charge in [-0.1, -0.05) is 42.5 Å². The molecule has 4 aromatic rings. The number of hydrogen-bond acceptors (Lipinski definition) is 5. The summed E-state index contributed by atoms with van der Waals surface area (Å²) in [6, 6.07) is 27.4. The summed E-state index contributed by atoms with van der Waals surface area (Å²) in [6.07, 6.45) is 1.62. The highest BCUT2D eigenvalue weighted by atomic mass is 16.5. The second-order valence-electron chi connectivity index (χ2n) is 7.93. The van der Waals surface area contributed by atoms with Crippen LogP contribution in [0.2, 0.25) is 0 Å². The molecule has 7 heteroatoms. The average Bonchev–Trinajstić information content (AvgIpc) is 3.40. The number of nitrogens with zero attached hydrogens (tertiary/aromatic N) is 3. The molecule has 178 valence electrons. The largest absolute Gasteiger partial charge is 0.489 e. The number of benzene rings is 3. The molecule has 1 aromatic heterocycles. The van der Waals surface area contributed by atoms with Gasteiger partial charge >= 0.3 is 0 Å². The van der Waals surface area contributed by atoms with Crippen LogP contribution in [0.25, 0.3) is 11.3 Å². The van der Waals surface area contributed by atoms with Gasteiger partial charge in [0, 0.05) is 24.3 Å². The fraction of sp³-hybridized carbons (Fsp3) is 0.179. The van der Waals surface area contributed by atoms with Crippen LogP contribution in [0.3, 0.4) is 0 Å². The molecule has 1 amide bonds. The van der Waals surface area contributed by atoms with Crippen molar-refractivity contribution >= 4 is 17.8 Å². The fourth-order valence-corrected chi connectivity index (χ4v) is 3.63. The van der Waals surface area contributed by atoms with Gasteiger partial charge in [-0.25, -0.2) is 5.43 Å². The first-order valence-electron chi connectivity index (χ1n) is 11.7. The van der Waals surface area contributed by atoms with E-state index < -0.39 is 0 Å². The first-order chi connectivity index (χ1) is 17.2. The SMILES string of the molecule is CCN(CC)c1ccc(C=NNC(=O)c2cc(-c3ccc(OCc4ccccc4)cc3)n[nH]2)cc1. The third-order valence-electron chi connectivity index (χ3n) is 5.62. The summed E-state index contributed by atoms with van der Waals surface area (Å²) in [5.41, 5.74) is 7.60. The van der Waals surface area contributed by atoms with Crippen molar-refractivity contribution < 1.29 is 9.53 Å². The Morgan fingerprint density at radius 1 is 1.00 bits per heavy atom. The maximum Gasteiger partial charge on any atom is 0.289 e. The number of carbonyl (C=O) groups excluding carboxylic acids is 1. The van der Waals surface area contributed by atoms with Gasteiger partial charge in [-0.2, -0.15) is 10.2 Å². The Kier molecular flexibility index (Phi) is 7.91. The number of carbonyl (C=O) groups is 1. The van der Waals surface area contributed by atoms with E-state index in [4.69, 9.17) is 4.74 Å². The lowest BCUT2D eigenvalue weighted by Crippen LogP contribution is -2.21. The van der Waals surface area contributed by atoms with Gasteiger partial charge in [0.15, 0.2) is 0 Å². The molecule has 0 radical (unpaired) electrons. The Balaban J connectivity index is 1.31. The van der Waals surface area contributed by atoms with Gasteiger partial charge in [0.1, 0.15) is 18.1 Å². The Morgan fingerprint density at radius 3 is 2.40 bits per heavy atom. The van der Waals surface area contributed by atoms with E-state index in [0.717, 1.165) is 41.2 Å². The number of anilines is 1. The fourth-order valence-electron chi connectivity index (χ4n) is 3.63. The van der Waals surface area contributed by atoms with E-state index in [1.165, 1.54) is 0 Å². The van der Waals surface area contributed by atoms with Crippen molar-refractivity contribution in [3.63, 3.8) is 0 Å². The normalized spacial score (nSPS) is 10.9. The molecule has 0 unspecified atom stereocenters. The molecule has 7 nitrogen and oxygen atoms in total. The summed E-state index contributed by atoms with van der Waals surface area (Å²) >= 11 is 0. The second kappa shape index (κ2) is 11.7. The monoisotopic (exact) mass is 467 g/mol. The molecule has 35 heavy (non-hydrogen) atoms. The number of aromatic amines is 1. The Bertz CT molecular complexity index is 1240. The van der Waals surface area contributed by atoms with E-state index >= 15 is 0 Å². The number of hydrogen-bond donors (Lipinski definition) is 2. The summed E-state index contributed by atoms with van der Waals surface area (Å²) in [4.78, 5) is 14.7. The molecule has 1 heterocycles. The zero-order chi connectivity index (χ0) is 24.5. The molecule has 2 N–H and O–H groups in total. The van der Waals surface area contributed by atoms with Gasteiger partial charge in [0.05, 0.1) is 11.9 Å². The van der Waals surface area contributed by atoms with Gasteiger partial charge < -0.3 is 9.64 Å². The molecule has 0 fully saturated rings. The van der Waals surface area contributed by atoms with Gasteiger partial charge in [0.2, 0.25) is 0 Å². The highest BCUT2D eigenvalue weighted by molar-refractivity contribution is 5.94. The molecule has 0 aliphatic rings. The molecular formula is C28H29N5O2. The summed E-state index contributed by atoms with van der Waals surface area (Å²) in [5, 5.41) is 11.1. The van der Waals surface area contributed by atoms with Crippen molar-refractivity contribution in [1.82, 2.24) is 15.6 Å². The van der Waals surface area contributed by atoms with Crippen LogP contribution in [0.5, 0.6) is 5.75 Å². The highest BCUT2D eigenvalue weighted by Gasteiger charge is 2.11. The van der Waals surface area contributed by atoms with Crippen LogP contribution in [0.1, 0.15) is 35.5 Å². The zero-order valence-corrected chi connectivity index (χ0v) is 19.9. The molecule has 3 aromatic carbocycles. The first kappa shape index (κ1) is 23.8. The topological polar surface area (TPSA) is 82.6 Å². The molecule has 0 bridgehead atoms. The van der Waals surface area contributed by atoms with Gasteiger partial charge in [-0.3, -0.25) is 9.89 Å². The lowest BCUT2D eigenvalue weighted by molar-refractivity contribution is 0.0950. The predicted molar refractivity (Wildman–Crippen MR) is 140 cm³/mol. The average molecular weight is 468 g/mol. The number of amides is 1. The minimum atomic E-state index is -0.359. The molecular weight excluding hydrogens is 438 g/mol. The maximum atomic E-state index is 12.5. The van der Waals surface area contributed by atoms with E-state index in [2.05, 4.69) is 51.6 Å². The Hall–Kier alpha value is -4.39. The third kappa shape index (κ3) is 6.35. The molecule has 0 atom stereocenters. The summed E-state index contributed by atoms with van der Waals surface area (Å²) < 4.78 is 5.83. The van der Waals surface area contributed by atoms with Crippen molar-refractivity contribution in [3.05, 3.63) is 102 Å². The van der Waals surface area contributed by atoms with Gasteiger partial charge in [0.25, 0.3) is 5.91 Å². The van der Waals surface area contributed by atoms with E-state index in [9.17, 15) is 4.79 Å². The van der Waals surface area contributed by atoms with Crippen LogP contribution in [-0.4, -0.2) is 35.4 Å². The van der Waals surface area contributed by atoms with Crippen LogP contribution in [-0.2, 0) is 6.61 Å². The van der Waals surface area contributed by atoms with Crippen LogP contribution in [0.4, 0.5) is 5.69 Å².